The van der Waals surface area contributed by atoms with E-state index in [-0.39, 0.29) is 5.78 Å². The summed E-state index contributed by atoms with van der Waals surface area (Å²) in [7, 11) is 0. The second-order valence-corrected chi connectivity index (χ2v) is 9.45. The molecular weight excluding hydrogens is 351 g/mol. The highest BCUT2D eigenvalue weighted by atomic mass is 31.2. The minimum atomic E-state index is -2.28. The van der Waals surface area contributed by atoms with Gasteiger partial charge in [-0.2, -0.15) is 0 Å². The van der Waals surface area contributed by atoms with Crippen LogP contribution in [0.2, 0.25) is 0 Å². The summed E-state index contributed by atoms with van der Waals surface area (Å²) in [6, 6.07) is 34.3. The lowest BCUT2D eigenvalue weighted by atomic mass is 10.3. The first-order chi connectivity index (χ1) is 13.3. The highest BCUT2D eigenvalue weighted by Gasteiger charge is 2.27. The fourth-order valence-corrected chi connectivity index (χ4v) is 7.07. The fraction of sp³-hybridized carbons (Fsp3) is 0. The van der Waals surface area contributed by atoms with Crippen molar-refractivity contribution in [2.75, 3.05) is 0 Å². The highest BCUT2D eigenvalue weighted by Crippen LogP contribution is 2.43. The van der Waals surface area contributed by atoms with Gasteiger partial charge in [-0.15, -0.1) is 0 Å². The Bertz CT molecular complexity index is 964. The van der Waals surface area contributed by atoms with Crippen molar-refractivity contribution in [3.8, 4) is 0 Å². The largest absolute Gasteiger partial charge is 0.461 e. The molecule has 0 atom stereocenters. The van der Waals surface area contributed by atoms with Gasteiger partial charge in [0.1, 0.15) is 0 Å². The molecule has 1 heterocycles. The summed E-state index contributed by atoms with van der Waals surface area (Å²) in [5.41, 5.74) is 0. The number of benzene rings is 3. The van der Waals surface area contributed by atoms with Crippen LogP contribution in [0.15, 0.2) is 114 Å². The first-order valence-electron chi connectivity index (χ1n) is 8.80. The molecule has 2 nitrogen and oxygen atoms in total. The first-order valence-corrected chi connectivity index (χ1v) is 10.7. The lowest BCUT2D eigenvalue weighted by Gasteiger charge is -2.28. The van der Waals surface area contributed by atoms with Crippen LogP contribution >= 0.6 is 6.89 Å². The molecular formula is C24H19O2P. The summed E-state index contributed by atoms with van der Waals surface area (Å²) < 4.78 is 5.39. The Hall–Kier alpha value is -3.09. The number of carbonyl (C=O) groups excluding carboxylic acids is 1. The Kier molecular flexibility index (Phi) is 4.91. The Morgan fingerprint density at radius 2 is 1.07 bits per heavy atom. The number of Topliss-reactive ketones (excluding diaryl/α,β-unsaturated/α-hetero) is 1. The predicted octanol–water partition coefficient (Wildman–Crippen LogP) is 4.26. The van der Waals surface area contributed by atoms with Gasteiger partial charge in [0.15, 0.2) is 5.76 Å². The Morgan fingerprint density at radius 1 is 0.630 bits per heavy atom. The molecule has 0 spiro atoms. The molecule has 0 amide bonds. The van der Waals surface area contributed by atoms with Crippen molar-refractivity contribution in [3.63, 3.8) is 0 Å². The fourth-order valence-electron chi connectivity index (χ4n) is 3.32. The van der Waals surface area contributed by atoms with E-state index in [9.17, 15) is 4.79 Å². The van der Waals surface area contributed by atoms with Crippen LogP contribution in [0.25, 0.3) is 0 Å². The van der Waals surface area contributed by atoms with Gasteiger partial charge in [-0.1, -0.05) is 91.0 Å². The zero-order valence-corrected chi connectivity index (χ0v) is 15.6. The number of ketones is 1. The zero-order chi connectivity index (χ0) is 18.5. The van der Waals surface area contributed by atoms with Gasteiger partial charge in [0.2, 0.25) is 5.78 Å². The van der Waals surface area contributed by atoms with Crippen LogP contribution in [0.3, 0.4) is 0 Å². The summed E-state index contributed by atoms with van der Waals surface area (Å²) >= 11 is 0. The third-order valence-corrected chi connectivity index (χ3v) is 8.53. The van der Waals surface area contributed by atoms with Crippen molar-refractivity contribution in [1.29, 1.82) is 0 Å². The van der Waals surface area contributed by atoms with Crippen molar-refractivity contribution >= 4 is 34.4 Å². The lowest BCUT2D eigenvalue weighted by molar-refractivity contribution is 0.104. The maximum atomic E-state index is 13.1. The molecule has 1 aromatic heterocycles. The second-order valence-electron chi connectivity index (χ2n) is 6.20. The van der Waals surface area contributed by atoms with E-state index in [0.717, 1.165) is 15.9 Å². The normalized spacial score (nSPS) is 11.1. The summed E-state index contributed by atoms with van der Waals surface area (Å²) in [4.78, 5) is 13.1. The molecule has 3 aromatic carbocycles. The van der Waals surface area contributed by atoms with Gasteiger partial charge in [-0.25, -0.2) is 0 Å². The SMILES string of the molecule is O=C(C=P(c1ccccc1)(c1ccccc1)c1ccccc1)c1ccco1. The van der Waals surface area contributed by atoms with Crippen LogP contribution in [0.4, 0.5) is 0 Å². The number of hydrogen-bond acceptors (Lipinski definition) is 2. The van der Waals surface area contributed by atoms with Crippen LogP contribution in [0.1, 0.15) is 10.6 Å². The molecule has 0 fully saturated rings. The molecule has 0 N–H and O–H groups in total. The van der Waals surface area contributed by atoms with Gasteiger partial charge in [0, 0.05) is 0 Å². The monoisotopic (exact) mass is 370 g/mol. The van der Waals surface area contributed by atoms with Crippen molar-refractivity contribution in [2.45, 2.75) is 0 Å². The third kappa shape index (κ3) is 3.32. The Morgan fingerprint density at radius 3 is 1.44 bits per heavy atom. The van der Waals surface area contributed by atoms with E-state index in [2.05, 4.69) is 36.4 Å². The van der Waals surface area contributed by atoms with E-state index >= 15 is 0 Å². The quantitative estimate of drug-likeness (QED) is 0.388. The van der Waals surface area contributed by atoms with Crippen molar-refractivity contribution < 1.29 is 9.21 Å². The smallest absolute Gasteiger partial charge is 0.222 e. The van der Waals surface area contributed by atoms with Gasteiger partial charge in [0.05, 0.1) is 6.26 Å². The second kappa shape index (κ2) is 7.65. The summed E-state index contributed by atoms with van der Waals surface area (Å²) in [5, 5.41) is 3.42. The Labute approximate surface area is 159 Å². The molecule has 0 aliphatic carbocycles. The van der Waals surface area contributed by atoms with E-state index in [1.165, 1.54) is 6.26 Å². The Balaban J connectivity index is 2.08. The minimum absolute atomic E-state index is 0.0927. The molecule has 4 aromatic rings. The van der Waals surface area contributed by atoms with Crippen LogP contribution in [0.5, 0.6) is 0 Å². The number of furan rings is 1. The van der Waals surface area contributed by atoms with E-state index in [1.807, 2.05) is 60.4 Å². The molecule has 0 saturated carbocycles. The van der Waals surface area contributed by atoms with Crippen LogP contribution in [-0.4, -0.2) is 11.6 Å². The summed E-state index contributed by atoms with van der Waals surface area (Å²) in [5.74, 6) is 2.15. The number of rotatable bonds is 5. The van der Waals surface area contributed by atoms with Gasteiger partial charge < -0.3 is 4.42 Å². The maximum Gasteiger partial charge on any atom is 0.222 e. The molecule has 27 heavy (non-hydrogen) atoms. The first kappa shape index (κ1) is 17.3. The molecule has 4 rings (SSSR count). The zero-order valence-electron chi connectivity index (χ0n) is 14.7. The average molecular weight is 370 g/mol. The van der Waals surface area contributed by atoms with E-state index in [4.69, 9.17) is 4.42 Å². The van der Waals surface area contributed by atoms with Crippen molar-refractivity contribution in [2.24, 2.45) is 0 Å². The molecule has 132 valence electrons. The molecule has 0 saturated heterocycles. The lowest BCUT2D eigenvalue weighted by Crippen LogP contribution is -2.28. The minimum Gasteiger partial charge on any atom is -0.461 e. The van der Waals surface area contributed by atoms with E-state index in [1.54, 1.807) is 12.1 Å². The van der Waals surface area contributed by atoms with E-state index < -0.39 is 6.89 Å². The van der Waals surface area contributed by atoms with Gasteiger partial charge in [-0.05, 0) is 40.7 Å². The van der Waals surface area contributed by atoms with Gasteiger partial charge >= 0.3 is 0 Å². The topological polar surface area (TPSA) is 30.2 Å². The molecule has 0 aliphatic heterocycles. The summed E-state index contributed by atoms with van der Waals surface area (Å²) in [6.07, 6.45) is 1.54. The summed E-state index contributed by atoms with van der Waals surface area (Å²) in [6.45, 7) is -2.28. The van der Waals surface area contributed by atoms with Crippen LogP contribution < -0.4 is 15.9 Å². The van der Waals surface area contributed by atoms with Crippen molar-refractivity contribution in [3.05, 3.63) is 115 Å². The van der Waals surface area contributed by atoms with Crippen LogP contribution in [-0.2, 0) is 0 Å². The molecule has 0 radical (unpaired) electrons. The van der Waals surface area contributed by atoms with Gasteiger partial charge in [0.25, 0.3) is 0 Å². The number of hydrogen-bond donors (Lipinski definition) is 0. The number of carbonyl (C=O) groups is 1. The maximum absolute atomic E-state index is 13.1. The molecule has 0 unspecified atom stereocenters. The standard InChI is InChI=1S/C24H19O2P/c25-23(24-17-10-18-26-24)19-27(20-11-4-1-5-12-20,21-13-6-2-7-14-21)22-15-8-3-9-16-22/h1-19H. The predicted molar refractivity (Wildman–Crippen MR) is 114 cm³/mol. The van der Waals surface area contributed by atoms with Crippen LogP contribution in [0, 0.1) is 0 Å². The molecule has 0 bridgehead atoms. The average Bonchev–Trinajstić information content (AvgIpc) is 3.29. The molecule has 3 heteroatoms. The van der Waals surface area contributed by atoms with Crippen molar-refractivity contribution in [1.82, 2.24) is 0 Å². The van der Waals surface area contributed by atoms with E-state index in [0.29, 0.717) is 5.76 Å². The highest BCUT2D eigenvalue weighted by molar-refractivity contribution is 7.95. The van der Waals surface area contributed by atoms with Gasteiger partial charge in [-0.3, -0.25) is 4.79 Å². The molecule has 0 aliphatic rings. The third-order valence-electron chi connectivity index (χ3n) is 4.57.